The van der Waals surface area contributed by atoms with Gasteiger partial charge in [-0.2, -0.15) is 0 Å². The van der Waals surface area contributed by atoms with Gasteiger partial charge in [0.15, 0.2) is 0 Å². The van der Waals surface area contributed by atoms with E-state index in [2.05, 4.69) is 21.3 Å². The van der Waals surface area contributed by atoms with E-state index >= 15 is 0 Å². The molecule has 0 fully saturated rings. The highest BCUT2D eigenvalue weighted by Gasteiger charge is 2.32. The van der Waals surface area contributed by atoms with Crippen LogP contribution in [0.4, 0.5) is 0 Å². The Morgan fingerprint density at radius 3 is 1.67 bits per heavy atom. The van der Waals surface area contributed by atoms with Crippen molar-refractivity contribution in [1.82, 2.24) is 21.3 Å². The van der Waals surface area contributed by atoms with E-state index in [1.54, 1.807) is 6.92 Å². The molecule has 5 atom stereocenters. The molecular weight excluding hydrogens is 426 g/mol. The molecule has 190 valence electrons. The number of amides is 5. The van der Waals surface area contributed by atoms with Gasteiger partial charge in [0.1, 0.15) is 18.1 Å². The molecule has 0 radical (unpaired) electrons. The smallest absolute Gasteiger partial charge is 0.243 e. The molecule has 0 spiro atoms. The Bertz CT molecular complexity index is 682. The lowest BCUT2D eigenvalue weighted by molar-refractivity contribution is -0.134. The highest BCUT2D eigenvalue weighted by Crippen LogP contribution is 2.12. The Balaban J connectivity index is 5.24. The van der Waals surface area contributed by atoms with Crippen molar-refractivity contribution in [1.29, 1.82) is 0 Å². The highest BCUT2D eigenvalue weighted by atomic mass is 16.2. The van der Waals surface area contributed by atoms with E-state index in [4.69, 9.17) is 5.73 Å². The van der Waals surface area contributed by atoms with Crippen LogP contribution in [0.2, 0.25) is 0 Å². The van der Waals surface area contributed by atoms with Crippen LogP contribution in [-0.2, 0) is 24.0 Å². The van der Waals surface area contributed by atoms with Gasteiger partial charge in [0.05, 0.1) is 6.54 Å². The first-order chi connectivity index (χ1) is 15.4. The number of nitrogens with one attached hydrogen (secondary N) is 4. The predicted molar refractivity (Wildman–Crippen MR) is 127 cm³/mol. The highest BCUT2D eigenvalue weighted by molar-refractivity contribution is 5.94. The summed E-state index contributed by atoms with van der Waals surface area (Å²) in [6.07, 6.45) is 1.91. The summed E-state index contributed by atoms with van der Waals surface area (Å²) in [6, 6.07) is -2.47. The number of carbonyl (C=O) groups is 5. The van der Waals surface area contributed by atoms with E-state index in [0.29, 0.717) is 19.3 Å². The zero-order valence-electron chi connectivity index (χ0n) is 21.1. The molecule has 6 N–H and O–H groups in total. The first-order valence-electron chi connectivity index (χ1n) is 11.8. The van der Waals surface area contributed by atoms with Gasteiger partial charge < -0.3 is 27.0 Å². The van der Waals surface area contributed by atoms with Gasteiger partial charge in [-0.15, -0.1) is 0 Å². The molecule has 0 saturated heterocycles. The topological polar surface area (TPSA) is 159 Å². The van der Waals surface area contributed by atoms with Crippen molar-refractivity contribution < 1.29 is 24.0 Å². The Labute approximate surface area is 197 Å². The molecule has 0 saturated carbocycles. The van der Waals surface area contributed by atoms with Crippen LogP contribution >= 0.6 is 0 Å². The fourth-order valence-corrected chi connectivity index (χ4v) is 3.16. The molecular formula is C23H43N5O5. The SMILES string of the molecule is CCC(=O)N[C@H](C(=O)N[C@H](C(=O)NCC(=O)N[C@@H](CC(C)C)C(N)=O)[C@@H](C)CC)[C@@H](C)CC. The summed E-state index contributed by atoms with van der Waals surface area (Å²) in [5, 5.41) is 10.5. The first kappa shape index (κ1) is 30.4. The maximum Gasteiger partial charge on any atom is 0.243 e. The van der Waals surface area contributed by atoms with Crippen molar-refractivity contribution in [2.45, 2.75) is 92.3 Å². The molecule has 10 nitrogen and oxygen atoms in total. The Hall–Kier alpha value is -2.65. The van der Waals surface area contributed by atoms with E-state index in [-0.39, 0.29) is 36.6 Å². The molecule has 33 heavy (non-hydrogen) atoms. The molecule has 0 bridgehead atoms. The molecule has 10 heteroatoms. The van der Waals surface area contributed by atoms with Gasteiger partial charge in [0.25, 0.3) is 0 Å². The third kappa shape index (κ3) is 11.2. The third-order valence-corrected chi connectivity index (χ3v) is 5.74. The summed E-state index contributed by atoms with van der Waals surface area (Å²) < 4.78 is 0. The normalized spacial score (nSPS) is 15.5. The van der Waals surface area contributed by atoms with Crippen LogP contribution in [0.5, 0.6) is 0 Å². The molecule has 0 aromatic rings. The number of rotatable bonds is 15. The second-order valence-electron chi connectivity index (χ2n) is 9.03. The van der Waals surface area contributed by atoms with Crippen LogP contribution in [-0.4, -0.2) is 54.2 Å². The van der Waals surface area contributed by atoms with Crippen molar-refractivity contribution in [3.8, 4) is 0 Å². The second kappa shape index (κ2) is 15.2. The van der Waals surface area contributed by atoms with Crippen molar-refractivity contribution in [3.63, 3.8) is 0 Å². The average Bonchev–Trinajstić information content (AvgIpc) is 2.76. The number of hydrogen-bond donors (Lipinski definition) is 5. The van der Waals surface area contributed by atoms with Crippen LogP contribution in [0.1, 0.15) is 74.1 Å². The van der Waals surface area contributed by atoms with Crippen molar-refractivity contribution in [2.24, 2.45) is 23.5 Å². The van der Waals surface area contributed by atoms with Gasteiger partial charge in [-0.1, -0.05) is 61.3 Å². The summed E-state index contributed by atoms with van der Waals surface area (Å²) in [5.41, 5.74) is 5.34. The van der Waals surface area contributed by atoms with Crippen LogP contribution < -0.4 is 27.0 Å². The van der Waals surface area contributed by atoms with E-state index < -0.39 is 41.8 Å². The fraction of sp³-hybridized carbons (Fsp3) is 0.783. The molecule has 0 heterocycles. The Morgan fingerprint density at radius 2 is 1.24 bits per heavy atom. The van der Waals surface area contributed by atoms with Crippen molar-refractivity contribution >= 4 is 29.5 Å². The molecule has 0 aromatic heterocycles. The van der Waals surface area contributed by atoms with E-state index in [1.165, 1.54) is 0 Å². The predicted octanol–water partition coefficient (Wildman–Crippen LogP) is 0.591. The molecule has 0 aliphatic carbocycles. The maximum absolute atomic E-state index is 13.0. The largest absolute Gasteiger partial charge is 0.368 e. The molecule has 0 unspecified atom stereocenters. The van der Waals surface area contributed by atoms with Gasteiger partial charge in [-0.05, 0) is 24.2 Å². The lowest BCUT2D eigenvalue weighted by atomic mass is 9.95. The van der Waals surface area contributed by atoms with Gasteiger partial charge >= 0.3 is 0 Å². The van der Waals surface area contributed by atoms with E-state index in [9.17, 15) is 24.0 Å². The quantitative estimate of drug-likeness (QED) is 0.237. The van der Waals surface area contributed by atoms with Crippen LogP contribution in [0, 0.1) is 17.8 Å². The molecule has 5 amide bonds. The summed E-state index contributed by atoms with van der Waals surface area (Å²) in [4.78, 5) is 61.5. The summed E-state index contributed by atoms with van der Waals surface area (Å²) in [7, 11) is 0. The summed E-state index contributed by atoms with van der Waals surface area (Å²) in [6.45, 7) is 12.6. The lowest BCUT2D eigenvalue weighted by Crippen LogP contribution is -2.58. The molecule has 0 rings (SSSR count). The van der Waals surface area contributed by atoms with E-state index in [0.717, 1.165) is 0 Å². The zero-order chi connectivity index (χ0) is 25.7. The number of primary amides is 1. The molecule has 0 aliphatic rings. The molecule has 0 aliphatic heterocycles. The minimum absolute atomic E-state index is 0.126. The van der Waals surface area contributed by atoms with Crippen molar-refractivity contribution in [3.05, 3.63) is 0 Å². The monoisotopic (exact) mass is 469 g/mol. The summed E-state index contributed by atoms with van der Waals surface area (Å²) >= 11 is 0. The van der Waals surface area contributed by atoms with E-state index in [1.807, 2.05) is 41.5 Å². The standard InChI is InChI=1S/C23H43N5O5/c1-8-14(6)19(28-23(33)20(15(7)9-2)27-17(29)10-3)22(32)25-12-18(30)26-16(21(24)31)11-13(4)5/h13-16,19-20H,8-12H2,1-7H3,(H2,24,31)(H,25,32)(H,26,30)(H,27,29)(H,28,33)/t14-,15-,16-,19-,20-/m0/s1. The summed E-state index contributed by atoms with van der Waals surface area (Å²) in [5.74, 6) is -2.59. The zero-order valence-corrected chi connectivity index (χ0v) is 21.1. The van der Waals surface area contributed by atoms with Gasteiger partial charge in [-0.25, -0.2) is 0 Å². The van der Waals surface area contributed by atoms with Crippen LogP contribution in [0.3, 0.4) is 0 Å². The minimum Gasteiger partial charge on any atom is -0.368 e. The maximum atomic E-state index is 13.0. The second-order valence-corrected chi connectivity index (χ2v) is 9.03. The Kier molecular flexibility index (Phi) is 14.0. The van der Waals surface area contributed by atoms with Gasteiger partial charge in [0, 0.05) is 6.42 Å². The third-order valence-electron chi connectivity index (χ3n) is 5.74. The number of nitrogens with two attached hydrogens (primary N) is 1. The van der Waals surface area contributed by atoms with Gasteiger partial charge in [0.2, 0.25) is 29.5 Å². The van der Waals surface area contributed by atoms with Gasteiger partial charge in [-0.3, -0.25) is 24.0 Å². The Morgan fingerprint density at radius 1 is 0.727 bits per heavy atom. The van der Waals surface area contributed by atoms with Crippen LogP contribution in [0.25, 0.3) is 0 Å². The number of hydrogen-bond acceptors (Lipinski definition) is 5. The lowest BCUT2D eigenvalue weighted by Gasteiger charge is -2.28. The number of carbonyl (C=O) groups excluding carboxylic acids is 5. The molecule has 0 aromatic carbocycles. The van der Waals surface area contributed by atoms with Crippen molar-refractivity contribution in [2.75, 3.05) is 6.54 Å². The minimum atomic E-state index is -0.886. The fourth-order valence-electron chi connectivity index (χ4n) is 3.16. The average molecular weight is 470 g/mol. The van der Waals surface area contributed by atoms with Crippen LogP contribution in [0.15, 0.2) is 0 Å². The first-order valence-corrected chi connectivity index (χ1v) is 11.8.